The minimum atomic E-state index is -0.901. The van der Waals surface area contributed by atoms with Gasteiger partial charge in [0.2, 0.25) is 0 Å². The normalized spacial score (nSPS) is 22.3. The Balaban J connectivity index is 2.00. The van der Waals surface area contributed by atoms with Crippen molar-refractivity contribution in [3.8, 4) is 0 Å². The van der Waals surface area contributed by atoms with Gasteiger partial charge in [0.1, 0.15) is 0 Å². The molecule has 1 aliphatic heterocycles. The van der Waals surface area contributed by atoms with Crippen molar-refractivity contribution in [2.24, 2.45) is 0 Å². The molecule has 1 aliphatic rings. The number of nitrogens with zero attached hydrogens (tertiary/aromatic N) is 1. The van der Waals surface area contributed by atoms with Crippen molar-refractivity contribution < 1.29 is 9.32 Å². The Bertz CT molecular complexity index is 417. The van der Waals surface area contributed by atoms with Crippen molar-refractivity contribution >= 4 is 10.8 Å². The van der Waals surface area contributed by atoms with Gasteiger partial charge in [0.15, 0.2) is 0 Å². The van der Waals surface area contributed by atoms with Crippen LogP contribution < -0.4 is 0 Å². The van der Waals surface area contributed by atoms with Crippen LogP contribution in [0.1, 0.15) is 31.2 Å². The van der Waals surface area contributed by atoms with Gasteiger partial charge < -0.3 is 5.11 Å². The first-order valence-corrected chi connectivity index (χ1v) is 8.54. The molecule has 0 radical (unpaired) electrons. The highest BCUT2D eigenvalue weighted by molar-refractivity contribution is 7.84. The predicted molar refractivity (Wildman–Crippen MR) is 78.5 cm³/mol. The summed E-state index contributed by atoms with van der Waals surface area (Å²) in [6.07, 6.45) is 6.29. The largest absolute Gasteiger partial charge is 0.396 e. The van der Waals surface area contributed by atoms with Crippen LogP contribution in [0.5, 0.6) is 0 Å². The molecule has 0 bridgehead atoms. The van der Waals surface area contributed by atoms with Crippen LogP contribution in [0.2, 0.25) is 0 Å². The maximum atomic E-state index is 11.4. The van der Waals surface area contributed by atoms with E-state index in [-0.39, 0.29) is 6.61 Å². The molecule has 0 saturated carbocycles. The summed E-state index contributed by atoms with van der Waals surface area (Å²) < 4.78 is 11.4. The van der Waals surface area contributed by atoms with Crippen LogP contribution in [0.25, 0.3) is 0 Å². The molecule has 0 aliphatic carbocycles. The highest BCUT2D eigenvalue weighted by atomic mass is 32.2. The van der Waals surface area contributed by atoms with Gasteiger partial charge in [-0.2, -0.15) is 0 Å². The second kappa shape index (κ2) is 7.17. The van der Waals surface area contributed by atoms with E-state index in [1.54, 1.807) is 6.26 Å². The number of hydrogen-bond donors (Lipinski definition) is 1. The zero-order valence-electron chi connectivity index (χ0n) is 11.5. The molecule has 2 atom stereocenters. The van der Waals surface area contributed by atoms with Crippen LogP contribution >= 0.6 is 0 Å². The maximum Gasteiger partial charge on any atom is 0.0498 e. The van der Waals surface area contributed by atoms with Crippen molar-refractivity contribution in [1.29, 1.82) is 0 Å². The van der Waals surface area contributed by atoms with E-state index in [4.69, 9.17) is 5.11 Å². The van der Waals surface area contributed by atoms with Gasteiger partial charge in [-0.15, -0.1) is 0 Å². The second-order valence-electron chi connectivity index (χ2n) is 5.23. The van der Waals surface area contributed by atoms with E-state index >= 15 is 0 Å². The Labute approximate surface area is 118 Å². The fourth-order valence-electron chi connectivity index (χ4n) is 2.77. The highest BCUT2D eigenvalue weighted by Gasteiger charge is 2.21. The van der Waals surface area contributed by atoms with Crippen molar-refractivity contribution in [2.75, 3.05) is 19.4 Å². The minimum absolute atomic E-state index is 0.273. The van der Waals surface area contributed by atoms with Gasteiger partial charge in [-0.1, -0.05) is 18.6 Å². The fraction of sp³-hybridized carbons (Fsp3) is 0.600. The molecule has 0 aromatic heterocycles. The number of hydrogen-bond acceptors (Lipinski definition) is 3. The lowest BCUT2D eigenvalue weighted by molar-refractivity contribution is 0.112. The number of piperidine rings is 1. The third-order valence-electron chi connectivity index (χ3n) is 3.85. The fourth-order valence-corrected chi connectivity index (χ4v) is 3.28. The molecule has 2 unspecified atom stereocenters. The summed E-state index contributed by atoms with van der Waals surface area (Å²) in [6.45, 7) is 2.32. The smallest absolute Gasteiger partial charge is 0.0498 e. The Hall–Kier alpha value is -0.710. The molecule has 1 N–H and O–H groups in total. The zero-order valence-corrected chi connectivity index (χ0v) is 12.4. The van der Waals surface area contributed by atoms with Gasteiger partial charge in [0.25, 0.3) is 0 Å². The Morgan fingerprint density at radius 2 is 2.05 bits per heavy atom. The van der Waals surface area contributed by atoms with Gasteiger partial charge in [-0.25, -0.2) is 0 Å². The average Bonchev–Trinajstić information content (AvgIpc) is 2.42. The summed E-state index contributed by atoms with van der Waals surface area (Å²) >= 11 is 0. The van der Waals surface area contributed by atoms with Crippen LogP contribution in [-0.4, -0.2) is 39.7 Å². The van der Waals surface area contributed by atoms with E-state index in [1.165, 1.54) is 24.8 Å². The lowest BCUT2D eigenvalue weighted by Crippen LogP contribution is -2.39. The van der Waals surface area contributed by atoms with Crippen LogP contribution in [0.4, 0.5) is 0 Å². The molecule has 2 rings (SSSR count). The number of rotatable bonds is 5. The van der Waals surface area contributed by atoms with Gasteiger partial charge in [-0.05, 0) is 43.5 Å². The highest BCUT2D eigenvalue weighted by Crippen LogP contribution is 2.22. The van der Waals surface area contributed by atoms with Crippen LogP contribution in [-0.2, 0) is 17.3 Å². The van der Waals surface area contributed by atoms with Gasteiger partial charge in [0, 0.05) is 41.1 Å². The van der Waals surface area contributed by atoms with Crippen molar-refractivity contribution in [3.05, 3.63) is 29.8 Å². The molecule has 1 heterocycles. The molecule has 0 spiro atoms. The molecule has 106 valence electrons. The first-order valence-electron chi connectivity index (χ1n) is 6.98. The average molecular weight is 281 g/mol. The molecule has 1 saturated heterocycles. The van der Waals surface area contributed by atoms with E-state index in [0.717, 1.165) is 24.4 Å². The number of likely N-dealkylation sites (tertiary alicyclic amines) is 1. The standard InChI is InChI=1S/C15H23NO2S/c1-19(18)15-7-5-13(6-8-15)12-16-10-3-2-4-14(16)9-11-17/h5-8,14,17H,2-4,9-12H2,1H3. The minimum Gasteiger partial charge on any atom is -0.396 e. The van der Waals surface area contributed by atoms with Gasteiger partial charge in [-0.3, -0.25) is 9.11 Å². The molecule has 1 aromatic rings. The number of aliphatic hydroxyl groups excluding tert-OH is 1. The van der Waals surface area contributed by atoms with E-state index in [0.29, 0.717) is 6.04 Å². The summed E-state index contributed by atoms with van der Waals surface area (Å²) in [5.41, 5.74) is 1.26. The maximum absolute atomic E-state index is 11.4. The molecular formula is C15H23NO2S. The summed E-state index contributed by atoms with van der Waals surface area (Å²) in [5.74, 6) is 0. The monoisotopic (exact) mass is 281 g/mol. The molecule has 1 aromatic carbocycles. The van der Waals surface area contributed by atoms with Crippen molar-refractivity contribution in [1.82, 2.24) is 4.90 Å². The van der Waals surface area contributed by atoms with Crippen LogP contribution in [0.15, 0.2) is 29.2 Å². The van der Waals surface area contributed by atoms with E-state index in [2.05, 4.69) is 17.0 Å². The molecule has 0 amide bonds. The van der Waals surface area contributed by atoms with Crippen LogP contribution in [0.3, 0.4) is 0 Å². The second-order valence-corrected chi connectivity index (χ2v) is 6.61. The lowest BCUT2D eigenvalue weighted by Gasteiger charge is -2.35. The first-order chi connectivity index (χ1) is 9.20. The summed E-state index contributed by atoms with van der Waals surface area (Å²) in [7, 11) is -0.901. The number of benzene rings is 1. The third-order valence-corrected chi connectivity index (χ3v) is 4.79. The predicted octanol–water partition coefficient (Wildman–Crippen LogP) is 2.16. The molecule has 19 heavy (non-hydrogen) atoms. The van der Waals surface area contributed by atoms with Crippen LogP contribution in [0, 0.1) is 0 Å². The Morgan fingerprint density at radius 1 is 1.32 bits per heavy atom. The lowest BCUT2D eigenvalue weighted by atomic mass is 9.99. The van der Waals surface area contributed by atoms with Crippen molar-refractivity contribution in [3.63, 3.8) is 0 Å². The third kappa shape index (κ3) is 4.13. The Kier molecular flexibility index (Phi) is 5.55. The van der Waals surface area contributed by atoms with E-state index in [9.17, 15) is 4.21 Å². The summed E-state index contributed by atoms with van der Waals surface area (Å²) in [5, 5.41) is 9.14. The van der Waals surface area contributed by atoms with Gasteiger partial charge >= 0.3 is 0 Å². The topological polar surface area (TPSA) is 40.5 Å². The molecule has 4 heteroatoms. The zero-order chi connectivity index (χ0) is 13.7. The molecular weight excluding hydrogens is 258 g/mol. The summed E-state index contributed by atoms with van der Waals surface area (Å²) in [4.78, 5) is 3.35. The molecule has 1 fully saturated rings. The van der Waals surface area contributed by atoms with E-state index in [1.807, 2.05) is 12.1 Å². The SMILES string of the molecule is CS(=O)c1ccc(CN2CCCCC2CCO)cc1. The first kappa shape index (κ1) is 14.7. The Morgan fingerprint density at radius 3 is 2.68 bits per heavy atom. The van der Waals surface area contributed by atoms with E-state index < -0.39 is 10.8 Å². The quantitative estimate of drug-likeness (QED) is 0.899. The number of aliphatic hydroxyl groups is 1. The van der Waals surface area contributed by atoms with Gasteiger partial charge in [0.05, 0.1) is 0 Å². The van der Waals surface area contributed by atoms with Crippen molar-refractivity contribution in [2.45, 2.75) is 43.2 Å². The summed E-state index contributed by atoms with van der Waals surface area (Å²) in [6, 6.07) is 8.56. The molecule has 3 nitrogen and oxygen atoms in total.